The van der Waals surface area contributed by atoms with Gasteiger partial charge in [-0.15, -0.1) is 0 Å². The van der Waals surface area contributed by atoms with E-state index in [2.05, 4.69) is 17.3 Å². The van der Waals surface area contributed by atoms with Crippen LogP contribution >= 0.6 is 0 Å². The first-order valence-corrected chi connectivity index (χ1v) is 5.98. The zero-order chi connectivity index (χ0) is 9.97. The molecular weight excluding hydrogens is 174 g/mol. The van der Waals surface area contributed by atoms with Gasteiger partial charge in [-0.3, -0.25) is 4.90 Å². The normalized spacial score (nSPS) is 29.8. The van der Waals surface area contributed by atoms with E-state index >= 15 is 0 Å². The molecule has 0 amide bonds. The molecule has 2 aliphatic rings. The molecule has 0 aromatic rings. The Bertz CT molecular complexity index is 171. The van der Waals surface area contributed by atoms with Crippen LogP contribution in [0.4, 0.5) is 0 Å². The SMILES string of the molecule is CN(C1CC1)C(CCN)C1CCCN1. The zero-order valence-corrected chi connectivity index (χ0v) is 9.21. The van der Waals surface area contributed by atoms with Gasteiger partial charge in [0.05, 0.1) is 0 Å². The summed E-state index contributed by atoms with van der Waals surface area (Å²) in [5.74, 6) is 0. The number of nitrogens with one attached hydrogen (secondary N) is 1. The van der Waals surface area contributed by atoms with Gasteiger partial charge in [-0.05, 0) is 52.2 Å². The first-order chi connectivity index (χ1) is 6.83. The minimum Gasteiger partial charge on any atom is -0.330 e. The van der Waals surface area contributed by atoms with Gasteiger partial charge in [0.2, 0.25) is 0 Å². The number of hydrogen-bond acceptors (Lipinski definition) is 3. The van der Waals surface area contributed by atoms with E-state index in [0.29, 0.717) is 12.1 Å². The van der Waals surface area contributed by atoms with Crippen LogP contribution in [0.5, 0.6) is 0 Å². The second kappa shape index (κ2) is 4.60. The third-order valence-electron chi connectivity index (χ3n) is 3.67. The molecule has 3 N–H and O–H groups in total. The van der Waals surface area contributed by atoms with Crippen LogP contribution in [0, 0.1) is 0 Å². The van der Waals surface area contributed by atoms with E-state index in [9.17, 15) is 0 Å². The van der Waals surface area contributed by atoms with Gasteiger partial charge < -0.3 is 11.1 Å². The Hall–Kier alpha value is -0.120. The first-order valence-electron chi connectivity index (χ1n) is 5.98. The fourth-order valence-electron chi connectivity index (χ4n) is 2.65. The van der Waals surface area contributed by atoms with Crippen LogP contribution in [0.25, 0.3) is 0 Å². The molecule has 0 spiro atoms. The molecule has 0 bridgehead atoms. The molecule has 2 unspecified atom stereocenters. The average molecular weight is 197 g/mol. The number of nitrogens with zero attached hydrogens (tertiary/aromatic N) is 1. The number of nitrogens with two attached hydrogens (primary N) is 1. The van der Waals surface area contributed by atoms with Crippen molar-refractivity contribution in [2.75, 3.05) is 20.1 Å². The van der Waals surface area contributed by atoms with Gasteiger partial charge in [-0.2, -0.15) is 0 Å². The minimum absolute atomic E-state index is 0.676. The Morgan fingerprint density at radius 1 is 1.43 bits per heavy atom. The van der Waals surface area contributed by atoms with E-state index in [-0.39, 0.29) is 0 Å². The van der Waals surface area contributed by atoms with Crippen LogP contribution in [-0.2, 0) is 0 Å². The molecule has 2 rings (SSSR count). The Balaban J connectivity index is 1.90. The second-order valence-electron chi connectivity index (χ2n) is 4.74. The molecule has 1 aliphatic carbocycles. The van der Waals surface area contributed by atoms with Crippen molar-refractivity contribution in [3.05, 3.63) is 0 Å². The summed E-state index contributed by atoms with van der Waals surface area (Å²) in [6, 6.07) is 2.23. The van der Waals surface area contributed by atoms with E-state index < -0.39 is 0 Å². The van der Waals surface area contributed by atoms with Gasteiger partial charge in [0.1, 0.15) is 0 Å². The quantitative estimate of drug-likeness (QED) is 0.676. The van der Waals surface area contributed by atoms with Crippen LogP contribution < -0.4 is 11.1 Å². The lowest BCUT2D eigenvalue weighted by atomic mass is 10.0. The lowest BCUT2D eigenvalue weighted by molar-refractivity contribution is 0.183. The highest BCUT2D eigenvalue weighted by atomic mass is 15.2. The molecule has 1 aliphatic heterocycles. The number of likely N-dealkylation sites (N-methyl/N-ethyl adjacent to an activating group) is 1. The van der Waals surface area contributed by atoms with Crippen molar-refractivity contribution in [1.82, 2.24) is 10.2 Å². The van der Waals surface area contributed by atoms with Crippen LogP contribution in [-0.4, -0.2) is 43.2 Å². The second-order valence-corrected chi connectivity index (χ2v) is 4.74. The first kappa shape index (κ1) is 10.4. The van der Waals surface area contributed by atoms with Crippen LogP contribution in [0.15, 0.2) is 0 Å². The van der Waals surface area contributed by atoms with Crippen molar-refractivity contribution in [1.29, 1.82) is 0 Å². The summed E-state index contributed by atoms with van der Waals surface area (Å²) >= 11 is 0. The zero-order valence-electron chi connectivity index (χ0n) is 9.21. The molecule has 14 heavy (non-hydrogen) atoms. The van der Waals surface area contributed by atoms with Gasteiger partial charge in [0, 0.05) is 18.1 Å². The van der Waals surface area contributed by atoms with Crippen molar-refractivity contribution in [2.45, 2.75) is 50.2 Å². The maximum atomic E-state index is 5.70. The summed E-state index contributed by atoms with van der Waals surface area (Å²) in [6.45, 7) is 2.02. The summed E-state index contributed by atoms with van der Waals surface area (Å²) in [5.41, 5.74) is 5.70. The van der Waals surface area contributed by atoms with E-state index in [1.807, 2.05) is 0 Å². The smallest absolute Gasteiger partial charge is 0.0261 e. The minimum atomic E-state index is 0.676. The summed E-state index contributed by atoms with van der Waals surface area (Å²) in [7, 11) is 2.28. The lowest BCUT2D eigenvalue weighted by Crippen LogP contribution is -2.47. The third kappa shape index (κ3) is 2.27. The topological polar surface area (TPSA) is 41.3 Å². The van der Waals surface area contributed by atoms with E-state index in [1.165, 1.54) is 32.2 Å². The van der Waals surface area contributed by atoms with Crippen molar-refractivity contribution >= 4 is 0 Å². The van der Waals surface area contributed by atoms with Crippen LogP contribution in [0.3, 0.4) is 0 Å². The standard InChI is InChI=1S/C11H23N3/c1-14(9-4-5-9)11(6-7-12)10-3-2-8-13-10/h9-11,13H,2-8,12H2,1H3. The lowest BCUT2D eigenvalue weighted by Gasteiger charge is -2.32. The summed E-state index contributed by atoms with van der Waals surface area (Å²) < 4.78 is 0. The molecule has 82 valence electrons. The maximum absolute atomic E-state index is 5.70. The Kier molecular flexibility index (Phi) is 3.42. The van der Waals surface area contributed by atoms with Crippen molar-refractivity contribution in [3.8, 4) is 0 Å². The van der Waals surface area contributed by atoms with Gasteiger partial charge in [-0.25, -0.2) is 0 Å². The van der Waals surface area contributed by atoms with Gasteiger partial charge in [0.25, 0.3) is 0 Å². The largest absolute Gasteiger partial charge is 0.330 e. The van der Waals surface area contributed by atoms with Crippen molar-refractivity contribution in [3.63, 3.8) is 0 Å². The molecule has 0 aromatic carbocycles. The number of hydrogen-bond donors (Lipinski definition) is 2. The molecule has 0 aromatic heterocycles. The molecule has 2 atom stereocenters. The molecule has 1 saturated carbocycles. The fourth-order valence-corrected chi connectivity index (χ4v) is 2.65. The predicted octanol–water partition coefficient (Wildman–Crippen LogP) is 0.550. The van der Waals surface area contributed by atoms with Gasteiger partial charge in [-0.1, -0.05) is 0 Å². The Morgan fingerprint density at radius 3 is 2.71 bits per heavy atom. The average Bonchev–Trinajstić information content (AvgIpc) is 2.91. The molecule has 3 nitrogen and oxygen atoms in total. The Morgan fingerprint density at radius 2 is 2.21 bits per heavy atom. The highest BCUT2D eigenvalue weighted by molar-refractivity contribution is 4.93. The Labute approximate surface area is 87.0 Å². The number of rotatable bonds is 5. The van der Waals surface area contributed by atoms with Crippen LogP contribution in [0.1, 0.15) is 32.1 Å². The van der Waals surface area contributed by atoms with E-state index in [1.54, 1.807) is 0 Å². The molecule has 1 saturated heterocycles. The molecule has 1 heterocycles. The van der Waals surface area contributed by atoms with Crippen molar-refractivity contribution < 1.29 is 0 Å². The highest BCUT2D eigenvalue weighted by Crippen LogP contribution is 2.30. The summed E-state index contributed by atoms with van der Waals surface area (Å²) in [6.07, 6.45) is 6.60. The summed E-state index contributed by atoms with van der Waals surface area (Å²) in [4.78, 5) is 2.57. The van der Waals surface area contributed by atoms with E-state index in [4.69, 9.17) is 5.73 Å². The maximum Gasteiger partial charge on any atom is 0.0261 e. The highest BCUT2D eigenvalue weighted by Gasteiger charge is 2.35. The molecule has 0 radical (unpaired) electrons. The monoisotopic (exact) mass is 197 g/mol. The summed E-state index contributed by atoms with van der Waals surface area (Å²) in [5, 5.41) is 3.61. The van der Waals surface area contributed by atoms with Crippen LogP contribution in [0.2, 0.25) is 0 Å². The van der Waals surface area contributed by atoms with E-state index in [0.717, 1.165) is 19.0 Å². The van der Waals surface area contributed by atoms with Gasteiger partial charge >= 0.3 is 0 Å². The molecule has 3 heteroatoms. The van der Waals surface area contributed by atoms with Crippen molar-refractivity contribution in [2.24, 2.45) is 5.73 Å². The fraction of sp³-hybridized carbons (Fsp3) is 1.00. The molecular formula is C11H23N3. The predicted molar refractivity (Wildman–Crippen MR) is 59.3 cm³/mol. The van der Waals surface area contributed by atoms with Gasteiger partial charge in [0.15, 0.2) is 0 Å². The third-order valence-corrected chi connectivity index (χ3v) is 3.67. The molecule has 2 fully saturated rings.